The second-order valence-corrected chi connectivity index (χ2v) is 8.25. The van der Waals surface area contributed by atoms with Gasteiger partial charge in [0.05, 0.1) is 12.2 Å². The highest BCUT2D eigenvalue weighted by atomic mass is 35.5. The van der Waals surface area contributed by atoms with Crippen LogP contribution >= 0.6 is 25.0 Å². The van der Waals surface area contributed by atoms with E-state index in [2.05, 4.69) is 17.7 Å². The van der Waals surface area contributed by atoms with Gasteiger partial charge in [-0.3, -0.25) is 19.2 Å². The molecule has 9 heteroatoms. The maximum Gasteiger partial charge on any atom is 0.325 e. The molecule has 1 aliphatic carbocycles. The summed E-state index contributed by atoms with van der Waals surface area (Å²) in [6, 6.07) is 5.85. The average Bonchev–Trinajstić information content (AvgIpc) is 3.34. The zero-order valence-electron chi connectivity index (χ0n) is 16.1. The van der Waals surface area contributed by atoms with Crippen molar-refractivity contribution < 1.29 is 19.1 Å². The predicted molar refractivity (Wildman–Crippen MR) is 116 cm³/mol. The molecule has 1 aromatic heterocycles. The highest BCUT2D eigenvalue weighted by molar-refractivity contribution is 7.81. The Bertz CT molecular complexity index is 976. The Kier molecular flexibility index (Phi) is 7.00. The van der Waals surface area contributed by atoms with Gasteiger partial charge < -0.3 is 5.11 Å². The first kappa shape index (κ1) is 22.5. The van der Waals surface area contributed by atoms with Crippen molar-refractivity contribution in [1.82, 2.24) is 14.7 Å². The van der Waals surface area contributed by atoms with E-state index in [0.717, 1.165) is 24.0 Å². The van der Waals surface area contributed by atoms with E-state index >= 15 is 0 Å². The number of benzene rings is 1. The fourth-order valence-corrected chi connectivity index (χ4v) is 4.16. The van der Waals surface area contributed by atoms with Gasteiger partial charge in [-0.25, -0.2) is 4.39 Å². The van der Waals surface area contributed by atoms with Gasteiger partial charge in [0.2, 0.25) is 0 Å². The minimum atomic E-state index is -0.960. The van der Waals surface area contributed by atoms with Crippen molar-refractivity contribution in [3.05, 3.63) is 59.2 Å². The Balaban J connectivity index is 0.00000256. The van der Waals surface area contributed by atoms with Crippen LogP contribution in [0.5, 0.6) is 0 Å². The maximum atomic E-state index is 14.5. The van der Waals surface area contributed by atoms with Crippen LogP contribution in [0.3, 0.4) is 0 Å². The third-order valence-corrected chi connectivity index (χ3v) is 5.83. The fourth-order valence-electron chi connectivity index (χ4n) is 3.79. The number of hydrogen-bond donors (Lipinski definition) is 2. The number of thiol groups is 1. The molecule has 0 bridgehead atoms. The van der Waals surface area contributed by atoms with Gasteiger partial charge in [-0.2, -0.15) is 17.7 Å². The Labute approximate surface area is 185 Å². The van der Waals surface area contributed by atoms with Crippen molar-refractivity contribution >= 4 is 42.9 Å². The molecule has 2 aliphatic rings. The number of carbonyl (C=O) groups excluding carboxylic acids is 1. The number of hydrogen-bond acceptors (Lipinski definition) is 5. The number of Topliss-reactive ketones (excluding diaryl/α,β-unsaturated/α-hetero) is 1. The Hall–Kier alpha value is -2.16. The van der Waals surface area contributed by atoms with E-state index in [0.29, 0.717) is 18.7 Å². The number of aliphatic carboxylic acids is 1. The molecule has 2 fully saturated rings. The Morgan fingerprint density at radius 2 is 2.07 bits per heavy atom. The Morgan fingerprint density at radius 1 is 1.33 bits per heavy atom. The number of halogens is 2. The van der Waals surface area contributed by atoms with Crippen molar-refractivity contribution in [2.75, 3.05) is 13.1 Å². The second-order valence-electron chi connectivity index (χ2n) is 7.63. The summed E-state index contributed by atoms with van der Waals surface area (Å²) < 4.78 is 15.9. The summed E-state index contributed by atoms with van der Waals surface area (Å²) in [5.74, 6) is -1.24. The van der Waals surface area contributed by atoms with Crippen molar-refractivity contribution in [2.24, 2.45) is 5.92 Å². The van der Waals surface area contributed by atoms with Crippen LogP contribution in [0.2, 0.25) is 0 Å². The quantitative estimate of drug-likeness (QED) is 0.632. The molecular weight excluding hydrogens is 429 g/mol. The Morgan fingerprint density at radius 3 is 2.73 bits per heavy atom. The lowest BCUT2D eigenvalue weighted by atomic mass is 9.97. The topological polar surface area (TPSA) is 75.4 Å². The molecule has 2 heterocycles. The summed E-state index contributed by atoms with van der Waals surface area (Å²) in [7, 11) is 0. The van der Waals surface area contributed by atoms with Crippen LogP contribution in [0, 0.1) is 11.7 Å². The standard InChI is InChI=1S/C21H22FN3O3S.ClH/c22-17-4-2-1-3-16(17)20(21(28)14-5-6-14)24-10-15(18(29)11-24)7-13-8-23-25(9-13)12-19(26)27;/h1-4,7-9,14,18,20,29H,5-6,10-12H2,(H,26,27);1H. The zero-order valence-corrected chi connectivity index (χ0v) is 17.9. The van der Waals surface area contributed by atoms with Crippen LogP contribution in [0.1, 0.15) is 30.0 Å². The van der Waals surface area contributed by atoms with E-state index in [1.54, 1.807) is 30.6 Å². The van der Waals surface area contributed by atoms with Crippen molar-refractivity contribution in [1.29, 1.82) is 0 Å². The van der Waals surface area contributed by atoms with Crippen LogP contribution < -0.4 is 0 Å². The van der Waals surface area contributed by atoms with Crippen molar-refractivity contribution in [2.45, 2.75) is 30.7 Å². The zero-order chi connectivity index (χ0) is 20.5. The summed E-state index contributed by atoms with van der Waals surface area (Å²) in [4.78, 5) is 25.8. The average molecular weight is 452 g/mol. The highest BCUT2D eigenvalue weighted by Gasteiger charge is 2.42. The molecule has 1 saturated carbocycles. The summed E-state index contributed by atoms with van der Waals surface area (Å²) in [5, 5.41) is 12.8. The number of ketones is 1. The van der Waals surface area contributed by atoms with E-state index in [9.17, 15) is 14.0 Å². The molecule has 0 amide bonds. The van der Waals surface area contributed by atoms with Gasteiger partial charge in [-0.05, 0) is 24.5 Å². The number of carboxylic acid groups (broad SMARTS) is 1. The van der Waals surface area contributed by atoms with Crippen molar-refractivity contribution in [3.8, 4) is 0 Å². The minimum Gasteiger partial charge on any atom is -0.480 e. The molecule has 1 aromatic carbocycles. The van der Waals surface area contributed by atoms with Gasteiger partial charge in [0.1, 0.15) is 12.4 Å². The number of carbonyl (C=O) groups is 2. The van der Waals surface area contributed by atoms with Crippen LogP contribution in [0.15, 0.2) is 42.2 Å². The van der Waals surface area contributed by atoms with E-state index in [1.807, 2.05) is 11.0 Å². The van der Waals surface area contributed by atoms with Crippen LogP contribution in [-0.2, 0) is 16.1 Å². The normalized spacial score (nSPS) is 21.4. The lowest BCUT2D eigenvalue weighted by Gasteiger charge is -2.27. The monoisotopic (exact) mass is 451 g/mol. The van der Waals surface area contributed by atoms with E-state index in [1.165, 1.54) is 10.7 Å². The van der Waals surface area contributed by atoms with Gasteiger partial charge in [-0.15, -0.1) is 12.4 Å². The molecular formula is C21H23ClFN3O3S. The third-order valence-electron chi connectivity index (χ3n) is 5.34. The third kappa shape index (κ3) is 4.94. The van der Waals surface area contributed by atoms with E-state index < -0.39 is 12.0 Å². The molecule has 2 unspecified atom stereocenters. The summed E-state index contributed by atoms with van der Waals surface area (Å²) in [5.41, 5.74) is 2.19. The first-order valence-electron chi connectivity index (χ1n) is 9.57. The number of nitrogens with zero attached hydrogens (tertiary/aromatic N) is 3. The first-order valence-corrected chi connectivity index (χ1v) is 10.1. The number of carboxylic acids is 1. The molecule has 4 rings (SSSR count). The summed E-state index contributed by atoms with van der Waals surface area (Å²) >= 11 is 4.67. The molecule has 0 radical (unpaired) electrons. The molecule has 1 N–H and O–H groups in total. The largest absolute Gasteiger partial charge is 0.480 e. The number of rotatable bonds is 7. The molecule has 1 saturated heterocycles. The predicted octanol–water partition coefficient (Wildman–Crippen LogP) is 3.25. The molecule has 2 atom stereocenters. The van der Waals surface area contributed by atoms with E-state index in [4.69, 9.17) is 5.11 Å². The van der Waals surface area contributed by atoms with Gasteiger partial charge in [0.15, 0.2) is 5.78 Å². The van der Waals surface area contributed by atoms with Gasteiger partial charge in [0.25, 0.3) is 0 Å². The molecule has 1 aliphatic heterocycles. The maximum absolute atomic E-state index is 14.5. The number of aromatic nitrogens is 2. The fraction of sp³-hybridized carbons (Fsp3) is 0.381. The first-order chi connectivity index (χ1) is 13.9. The summed E-state index contributed by atoms with van der Waals surface area (Å²) in [6.07, 6.45) is 6.92. The molecule has 0 spiro atoms. The number of likely N-dealkylation sites (tertiary alicyclic amines) is 1. The molecule has 30 heavy (non-hydrogen) atoms. The highest BCUT2D eigenvalue weighted by Crippen LogP contribution is 2.40. The molecule has 2 aromatic rings. The van der Waals surface area contributed by atoms with Crippen LogP contribution in [0.4, 0.5) is 4.39 Å². The van der Waals surface area contributed by atoms with E-state index in [-0.39, 0.29) is 41.7 Å². The van der Waals surface area contributed by atoms with Crippen molar-refractivity contribution in [3.63, 3.8) is 0 Å². The molecule has 160 valence electrons. The summed E-state index contributed by atoms with van der Waals surface area (Å²) in [6.45, 7) is 0.830. The second kappa shape index (κ2) is 9.32. The van der Waals surface area contributed by atoms with Crippen LogP contribution in [-0.4, -0.2) is 49.9 Å². The lowest BCUT2D eigenvalue weighted by molar-refractivity contribution is -0.137. The smallest absolute Gasteiger partial charge is 0.325 e. The SMILES string of the molecule is Cl.O=C(O)Cn1cc(C=C2CN(C(C(=O)C3CC3)c3ccccc3F)CC2S)cn1. The minimum absolute atomic E-state index is 0. The van der Waals surface area contributed by atoms with Gasteiger partial charge in [0, 0.05) is 41.6 Å². The van der Waals surface area contributed by atoms with Gasteiger partial charge in [-0.1, -0.05) is 24.3 Å². The molecule has 6 nitrogen and oxygen atoms in total. The van der Waals surface area contributed by atoms with Crippen LogP contribution in [0.25, 0.3) is 6.08 Å². The van der Waals surface area contributed by atoms with Gasteiger partial charge >= 0.3 is 5.97 Å². The lowest BCUT2D eigenvalue weighted by Crippen LogP contribution is -2.34.